The van der Waals surface area contributed by atoms with Crippen molar-refractivity contribution in [2.24, 2.45) is 0 Å². The standard InChI is InChI=1S/C20H30N4O3/c1-3-24-10-8-15(9-11-24)17-14-18-16(21-17)6-7-19(22-18)23-20(25)27-13-5-4-12-26-2/h6-7,14-15,21H,3-5,8-13H2,1-2H3,(H,22,23,25). The fraction of sp³-hybridized carbons (Fsp3) is 0.600. The number of likely N-dealkylation sites (tertiary alicyclic amines) is 1. The number of fused-ring (bicyclic) bond motifs is 1. The first-order valence-electron chi connectivity index (χ1n) is 9.84. The molecule has 7 nitrogen and oxygen atoms in total. The van der Waals surface area contributed by atoms with E-state index in [-0.39, 0.29) is 0 Å². The van der Waals surface area contributed by atoms with E-state index in [1.807, 2.05) is 6.07 Å². The van der Waals surface area contributed by atoms with Gasteiger partial charge in [0.2, 0.25) is 0 Å². The molecule has 0 aromatic carbocycles. The van der Waals surface area contributed by atoms with Crippen LogP contribution in [0, 0.1) is 0 Å². The summed E-state index contributed by atoms with van der Waals surface area (Å²) in [4.78, 5) is 22.4. The predicted molar refractivity (Wildman–Crippen MR) is 106 cm³/mol. The van der Waals surface area contributed by atoms with E-state index in [2.05, 4.69) is 33.2 Å². The number of pyridine rings is 1. The predicted octanol–water partition coefficient (Wildman–Crippen LogP) is 3.74. The van der Waals surface area contributed by atoms with E-state index in [0.29, 0.717) is 24.9 Å². The van der Waals surface area contributed by atoms with E-state index >= 15 is 0 Å². The molecule has 1 aliphatic heterocycles. The highest BCUT2D eigenvalue weighted by atomic mass is 16.5. The number of H-pyrrole nitrogens is 1. The van der Waals surface area contributed by atoms with Crippen molar-refractivity contribution in [3.05, 3.63) is 23.9 Å². The Morgan fingerprint density at radius 2 is 2.07 bits per heavy atom. The largest absolute Gasteiger partial charge is 0.449 e. The first-order chi connectivity index (χ1) is 13.2. The number of carbonyl (C=O) groups excluding carboxylic acids is 1. The molecule has 7 heteroatoms. The molecule has 0 radical (unpaired) electrons. The van der Waals surface area contributed by atoms with E-state index in [0.717, 1.165) is 43.5 Å². The quantitative estimate of drug-likeness (QED) is 0.688. The van der Waals surface area contributed by atoms with Crippen LogP contribution in [-0.4, -0.2) is 60.9 Å². The first-order valence-corrected chi connectivity index (χ1v) is 9.84. The molecular weight excluding hydrogens is 344 g/mol. The number of piperidine rings is 1. The highest BCUT2D eigenvalue weighted by Crippen LogP contribution is 2.29. The van der Waals surface area contributed by atoms with Crippen LogP contribution in [0.25, 0.3) is 11.0 Å². The third-order valence-electron chi connectivity index (χ3n) is 5.18. The first kappa shape index (κ1) is 19.6. The number of ether oxygens (including phenoxy) is 2. The SMILES string of the molecule is CCN1CCC(c2cc3nc(NC(=O)OCCCCOC)ccc3[nH]2)CC1. The minimum atomic E-state index is -0.470. The Morgan fingerprint density at radius 1 is 1.30 bits per heavy atom. The molecule has 1 fully saturated rings. The minimum Gasteiger partial charge on any atom is -0.449 e. The normalized spacial score (nSPS) is 15.9. The fourth-order valence-electron chi connectivity index (χ4n) is 3.53. The highest BCUT2D eigenvalue weighted by molar-refractivity contribution is 5.86. The Bertz CT molecular complexity index is 738. The topological polar surface area (TPSA) is 79.5 Å². The molecule has 3 heterocycles. The third kappa shape index (κ3) is 5.43. The van der Waals surface area contributed by atoms with Crippen LogP contribution >= 0.6 is 0 Å². The maximum absolute atomic E-state index is 11.9. The number of aromatic nitrogens is 2. The summed E-state index contributed by atoms with van der Waals surface area (Å²) in [5, 5.41) is 2.70. The lowest BCUT2D eigenvalue weighted by molar-refractivity contribution is 0.148. The molecule has 1 saturated heterocycles. The average molecular weight is 374 g/mol. The van der Waals surface area contributed by atoms with Crippen molar-refractivity contribution in [2.45, 2.75) is 38.5 Å². The third-order valence-corrected chi connectivity index (χ3v) is 5.18. The zero-order valence-electron chi connectivity index (χ0n) is 16.3. The van der Waals surface area contributed by atoms with Gasteiger partial charge >= 0.3 is 6.09 Å². The Balaban J connectivity index is 1.55. The highest BCUT2D eigenvalue weighted by Gasteiger charge is 2.21. The molecule has 2 N–H and O–H groups in total. The molecule has 0 bridgehead atoms. The van der Waals surface area contributed by atoms with Crippen LogP contribution in [0.5, 0.6) is 0 Å². The molecule has 3 rings (SSSR count). The molecule has 0 aliphatic carbocycles. The molecule has 0 atom stereocenters. The lowest BCUT2D eigenvalue weighted by Crippen LogP contribution is -2.32. The number of anilines is 1. The van der Waals surface area contributed by atoms with Gasteiger partial charge in [-0.15, -0.1) is 0 Å². The lowest BCUT2D eigenvalue weighted by Gasteiger charge is -2.30. The van der Waals surface area contributed by atoms with Gasteiger partial charge in [-0.3, -0.25) is 5.32 Å². The van der Waals surface area contributed by atoms with E-state index in [4.69, 9.17) is 9.47 Å². The number of nitrogens with zero attached hydrogens (tertiary/aromatic N) is 2. The van der Waals surface area contributed by atoms with Crippen molar-refractivity contribution in [2.75, 3.05) is 45.3 Å². The van der Waals surface area contributed by atoms with Crippen LogP contribution in [0.2, 0.25) is 0 Å². The molecule has 0 spiro atoms. The van der Waals surface area contributed by atoms with Crippen molar-refractivity contribution in [3.63, 3.8) is 0 Å². The summed E-state index contributed by atoms with van der Waals surface area (Å²) < 4.78 is 10.1. The van der Waals surface area contributed by atoms with Gasteiger partial charge in [0.1, 0.15) is 5.82 Å². The average Bonchev–Trinajstić information content (AvgIpc) is 3.11. The number of hydrogen-bond donors (Lipinski definition) is 2. The van der Waals surface area contributed by atoms with E-state index < -0.39 is 6.09 Å². The van der Waals surface area contributed by atoms with E-state index in [9.17, 15) is 4.79 Å². The van der Waals surface area contributed by atoms with Crippen LogP contribution in [0.1, 0.15) is 44.2 Å². The molecule has 1 amide bonds. The maximum Gasteiger partial charge on any atom is 0.412 e. The Hall–Kier alpha value is -2.12. The molecule has 0 unspecified atom stereocenters. The second kappa shape index (κ2) is 9.71. The maximum atomic E-state index is 11.9. The van der Waals surface area contributed by atoms with Crippen LogP contribution in [-0.2, 0) is 9.47 Å². The Morgan fingerprint density at radius 3 is 2.81 bits per heavy atom. The van der Waals surface area contributed by atoms with Crippen molar-refractivity contribution in [3.8, 4) is 0 Å². The van der Waals surface area contributed by atoms with Gasteiger partial charge in [0.05, 0.1) is 17.6 Å². The van der Waals surface area contributed by atoms with Crippen LogP contribution in [0.4, 0.5) is 10.6 Å². The van der Waals surface area contributed by atoms with E-state index in [1.54, 1.807) is 13.2 Å². The number of unbranched alkanes of at least 4 members (excludes halogenated alkanes) is 1. The van der Waals surface area contributed by atoms with Crippen LogP contribution in [0.3, 0.4) is 0 Å². The summed E-state index contributed by atoms with van der Waals surface area (Å²) in [7, 11) is 1.66. The van der Waals surface area contributed by atoms with Crippen molar-refractivity contribution in [1.82, 2.24) is 14.9 Å². The second-order valence-electron chi connectivity index (χ2n) is 7.02. The van der Waals surface area contributed by atoms with Gasteiger partial charge in [-0.25, -0.2) is 9.78 Å². The number of carbonyl (C=O) groups is 1. The van der Waals surface area contributed by atoms with Crippen molar-refractivity contribution >= 4 is 22.9 Å². The summed E-state index contributed by atoms with van der Waals surface area (Å²) in [6.45, 7) is 6.68. The molecule has 148 valence electrons. The minimum absolute atomic E-state index is 0.377. The summed E-state index contributed by atoms with van der Waals surface area (Å²) >= 11 is 0. The zero-order valence-corrected chi connectivity index (χ0v) is 16.3. The zero-order chi connectivity index (χ0) is 19.1. The monoisotopic (exact) mass is 374 g/mol. The number of aromatic amines is 1. The molecule has 1 aliphatic rings. The number of amides is 1. The van der Waals surface area contributed by atoms with Gasteiger partial charge in [-0.05, 0) is 63.5 Å². The summed E-state index contributed by atoms with van der Waals surface area (Å²) in [6, 6.07) is 5.87. The van der Waals surface area contributed by atoms with Gasteiger partial charge in [0, 0.05) is 25.3 Å². The second-order valence-corrected chi connectivity index (χ2v) is 7.02. The number of nitrogens with one attached hydrogen (secondary N) is 2. The molecule has 2 aromatic heterocycles. The number of rotatable bonds is 8. The van der Waals surface area contributed by atoms with Gasteiger partial charge in [-0.2, -0.15) is 0 Å². The van der Waals surface area contributed by atoms with Crippen molar-refractivity contribution < 1.29 is 14.3 Å². The van der Waals surface area contributed by atoms with Crippen LogP contribution < -0.4 is 5.32 Å². The van der Waals surface area contributed by atoms with E-state index in [1.165, 1.54) is 18.5 Å². The molecule has 0 saturated carbocycles. The molecular formula is C20H30N4O3. The lowest BCUT2D eigenvalue weighted by atomic mass is 9.94. The Labute approximate surface area is 160 Å². The number of hydrogen-bond acceptors (Lipinski definition) is 5. The summed E-state index contributed by atoms with van der Waals surface area (Å²) in [6.07, 6.45) is 3.52. The Kier molecular flexibility index (Phi) is 7.06. The molecule has 2 aromatic rings. The summed E-state index contributed by atoms with van der Waals surface area (Å²) in [5.74, 6) is 1.06. The van der Waals surface area contributed by atoms with Gasteiger partial charge in [-0.1, -0.05) is 6.92 Å². The van der Waals surface area contributed by atoms with Crippen molar-refractivity contribution in [1.29, 1.82) is 0 Å². The summed E-state index contributed by atoms with van der Waals surface area (Å²) in [5.41, 5.74) is 3.12. The number of methoxy groups -OCH3 is 1. The van der Waals surface area contributed by atoms with Crippen LogP contribution in [0.15, 0.2) is 18.2 Å². The van der Waals surface area contributed by atoms with Gasteiger partial charge in [0.25, 0.3) is 0 Å². The van der Waals surface area contributed by atoms with Gasteiger partial charge in [0.15, 0.2) is 0 Å². The van der Waals surface area contributed by atoms with Gasteiger partial charge < -0.3 is 19.4 Å². The smallest absolute Gasteiger partial charge is 0.412 e. The fourth-order valence-corrected chi connectivity index (χ4v) is 3.53. The molecule has 27 heavy (non-hydrogen) atoms.